The molecule has 2 heterocycles. The number of aryl methyl sites for hydroxylation is 2. The third kappa shape index (κ3) is 4.55. The molecule has 0 N–H and O–H groups in total. The molecule has 0 saturated carbocycles. The molecule has 31 heavy (non-hydrogen) atoms. The van der Waals surface area contributed by atoms with Crippen LogP contribution in [-0.2, 0) is 11.2 Å². The van der Waals surface area contributed by atoms with Crippen molar-refractivity contribution in [3.63, 3.8) is 0 Å². The molecule has 1 aromatic heterocycles. The Morgan fingerprint density at radius 3 is 2.45 bits per heavy atom. The van der Waals surface area contributed by atoms with Crippen molar-refractivity contribution < 1.29 is 9.59 Å². The monoisotopic (exact) mass is 494 g/mol. The van der Waals surface area contributed by atoms with Crippen molar-refractivity contribution in [1.82, 2.24) is 9.47 Å². The molecule has 2 amide bonds. The first-order valence-corrected chi connectivity index (χ1v) is 11.8. The van der Waals surface area contributed by atoms with Crippen LogP contribution in [0, 0.1) is 13.8 Å². The Hall–Kier alpha value is -2.57. The average molecular weight is 495 g/mol. The Morgan fingerprint density at radius 1 is 1.00 bits per heavy atom. The van der Waals surface area contributed by atoms with E-state index in [9.17, 15) is 9.59 Å². The first-order valence-electron chi connectivity index (χ1n) is 10.2. The summed E-state index contributed by atoms with van der Waals surface area (Å²) in [6.45, 7) is 4.51. The van der Waals surface area contributed by atoms with Crippen molar-refractivity contribution >= 4 is 44.9 Å². The van der Waals surface area contributed by atoms with Crippen LogP contribution in [0.3, 0.4) is 0 Å². The Kier molecular flexibility index (Phi) is 6.49. The fourth-order valence-corrected chi connectivity index (χ4v) is 5.18. The topological polar surface area (TPSA) is 42.3 Å². The minimum Gasteiger partial charge on any atom is -0.317 e. The molecule has 3 aromatic rings. The zero-order valence-electron chi connectivity index (χ0n) is 17.5. The van der Waals surface area contributed by atoms with Gasteiger partial charge in [-0.05, 0) is 89.8 Å². The molecule has 1 saturated heterocycles. The minimum atomic E-state index is -0.200. The molecule has 0 bridgehead atoms. The molecule has 1 aliphatic rings. The van der Waals surface area contributed by atoms with E-state index in [0.29, 0.717) is 11.4 Å². The maximum Gasteiger partial charge on any atom is 0.293 e. The number of carbonyl (C=O) groups excluding carboxylic acids is 2. The summed E-state index contributed by atoms with van der Waals surface area (Å²) in [5.74, 6) is -0.200. The first-order chi connectivity index (χ1) is 15.0. The van der Waals surface area contributed by atoms with Crippen LogP contribution in [0.1, 0.15) is 28.9 Å². The van der Waals surface area contributed by atoms with Gasteiger partial charge in [-0.3, -0.25) is 14.5 Å². The highest BCUT2D eigenvalue weighted by atomic mass is 79.9. The largest absolute Gasteiger partial charge is 0.317 e. The van der Waals surface area contributed by atoms with Crippen molar-refractivity contribution in [3.8, 4) is 5.69 Å². The summed E-state index contributed by atoms with van der Waals surface area (Å²) in [5.41, 5.74) is 5.30. The summed E-state index contributed by atoms with van der Waals surface area (Å²) >= 11 is 4.64. The van der Waals surface area contributed by atoms with Crippen molar-refractivity contribution in [3.05, 3.63) is 92.6 Å². The lowest BCUT2D eigenvalue weighted by molar-refractivity contribution is -0.122. The number of rotatable bonds is 6. The predicted octanol–water partition coefficient (Wildman–Crippen LogP) is 6.53. The smallest absolute Gasteiger partial charge is 0.293 e. The van der Waals surface area contributed by atoms with E-state index < -0.39 is 0 Å². The Bertz CT molecular complexity index is 1170. The van der Waals surface area contributed by atoms with E-state index in [0.717, 1.165) is 51.7 Å². The number of halogens is 1. The fraction of sp³-hybridized carbons (Fsp3) is 0.200. The third-order valence-electron chi connectivity index (χ3n) is 5.41. The first kappa shape index (κ1) is 21.7. The SMILES string of the molecule is Cc1cc(/C=C2/SC(=O)N(CCCc3ccccc3)C2=O)c(C)n1-c1ccccc1Br. The molecule has 1 fully saturated rings. The zero-order chi connectivity index (χ0) is 22.0. The summed E-state index contributed by atoms with van der Waals surface area (Å²) in [6, 6.07) is 20.2. The van der Waals surface area contributed by atoms with Gasteiger partial charge in [0, 0.05) is 22.4 Å². The van der Waals surface area contributed by atoms with Gasteiger partial charge in [-0.2, -0.15) is 0 Å². The second kappa shape index (κ2) is 9.28. The van der Waals surface area contributed by atoms with E-state index in [2.05, 4.69) is 44.8 Å². The van der Waals surface area contributed by atoms with Crippen molar-refractivity contribution in [2.45, 2.75) is 26.7 Å². The van der Waals surface area contributed by atoms with Crippen molar-refractivity contribution in [2.75, 3.05) is 6.54 Å². The minimum absolute atomic E-state index is 0.191. The van der Waals surface area contributed by atoms with Gasteiger partial charge in [0.2, 0.25) is 0 Å². The fourth-order valence-electron chi connectivity index (χ4n) is 3.86. The lowest BCUT2D eigenvalue weighted by Gasteiger charge is -2.12. The zero-order valence-corrected chi connectivity index (χ0v) is 19.9. The highest BCUT2D eigenvalue weighted by Crippen LogP contribution is 2.34. The summed E-state index contributed by atoms with van der Waals surface area (Å²) in [7, 11) is 0. The number of hydrogen-bond donors (Lipinski definition) is 0. The molecule has 4 nitrogen and oxygen atoms in total. The number of para-hydroxylation sites is 1. The van der Waals surface area contributed by atoms with Gasteiger partial charge in [-0.25, -0.2) is 0 Å². The summed E-state index contributed by atoms with van der Waals surface area (Å²) in [5, 5.41) is -0.191. The molecule has 6 heteroatoms. The van der Waals surface area contributed by atoms with Gasteiger partial charge < -0.3 is 4.57 Å². The van der Waals surface area contributed by atoms with E-state index in [4.69, 9.17) is 0 Å². The lowest BCUT2D eigenvalue weighted by Crippen LogP contribution is -2.29. The van der Waals surface area contributed by atoms with Crippen LogP contribution in [0.5, 0.6) is 0 Å². The molecular weight excluding hydrogens is 472 g/mol. The van der Waals surface area contributed by atoms with Crippen molar-refractivity contribution in [2.24, 2.45) is 0 Å². The third-order valence-corrected chi connectivity index (χ3v) is 6.99. The van der Waals surface area contributed by atoms with Crippen LogP contribution in [-0.4, -0.2) is 27.2 Å². The number of thioether (sulfide) groups is 1. The van der Waals surface area contributed by atoms with E-state index in [1.165, 1.54) is 10.5 Å². The maximum absolute atomic E-state index is 12.9. The second-order valence-electron chi connectivity index (χ2n) is 7.54. The van der Waals surface area contributed by atoms with E-state index in [1.807, 2.05) is 56.3 Å². The number of hydrogen-bond acceptors (Lipinski definition) is 3. The highest BCUT2D eigenvalue weighted by molar-refractivity contribution is 9.10. The van der Waals surface area contributed by atoms with Crippen molar-refractivity contribution in [1.29, 1.82) is 0 Å². The second-order valence-corrected chi connectivity index (χ2v) is 9.38. The van der Waals surface area contributed by atoms with Crippen LogP contribution in [0.4, 0.5) is 4.79 Å². The van der Waals surface area contributed by atoms with Gasteiger partial charge in [-0.15, -0.1) is 0 Å². The van der Waals surface area contributed by atoms with Gasteiger partial charge in [-0.1, -0.05) is 42.5 Å². The van der Waals surface area contributed by atoms with Gasteiger partial charge >= 0.3 is 0 Å². The average Bonchev–Trinajstić information content (AvgIpc) is 3.18. The van der Waals surface area contributed by atoms with E-state index in [-0.39, 0.29) is 11.1 Å². The molecule has 0 unspecified atom stereocenters. The number of aromatic nitrogens is 1. The van der Waals surface area contributed by atoms with Crippen LogP contribution in [0.2, 0.25) is 0 Å². The van der Waals surface area contributed by atoms with Gasteiger partial charge in [0.25, 0.3) is 11.1 Å². The summed E-state index contributed by atoms with van der Waals surface area (Å²) in [4.78, 5) is 27.2. The molecule has 1 aliphatic heterocycles. The normalized spacial score (nSPS) is 15.3. The van der Waals surface area contributed by atoms with Crippen LogP contribution < -0.4 is 0 Å². The number of amides is 2. The molecule has 158 valence electrons. The summed E-state index contributed by atoms with van der Waals surface area (Å²) < 4.78 is 3.15. The van der Waals surface area contributed by atoms with Gasteiger partial charge in [0.15, 0.2) is 0 Å². The van der Waals surface area contributed by atoms with Crippen LogP contribution in [0.25, 0.3) is 11.8 Å². The molecular formula is C25H23BrN2O2S. The Morgan fingerprint density at radius 2 is 1.71 bits per heavy atom. The molecule has 2 aromatic carbocycles. The Balaban J connectivity index is 1.52. The molecule has 0 spiro atoms. The quantitative estimate of drug-likeness (QED) is 0.366. The highest BCUT2D eigenvalue weighted by Gasteiger charge is 2.34. The summed E-state index contributed by atoms with van der Waals surface area (Å²) in [6.07, 6.45) is 3.44. The molecule has 0 radical (unpaired) electrons. The van der Waals surface area contributed by atoms with Gasteiger partial charge in [0.05, 0.1) is 10.6 Å². The predicted molar refractivity (Wildman–Crippen MR) is 130 cm³/mol. The van der Waals surface area contributed by atoms with E-state index in [1.54, 1.807) is 0 Å². The molecule has 0 atom stereocenters. The lowest BCUT2D eigenvalue weighted by atomic mass is 10.1. The van der Waals surface area contributed by atoms with Crippen LogP contribution in [0.15, 0.2) is 70.0 Å². The standard InChI is InChI=1S/C25H23BrN2O2S/c1-17-15-20(18(2)28(17)22-13-7-6-12-21(22)26)16-23-24(29)27(25(30)31-23)14-8-11-19-9-4-3-5-10-19/h3-7,9-10,12-13,15-16H,8,11,14H2,1-2H3/b23-16+. The number of carbonyl (C=O) groups is 2. The number of imide groups is 1. The number of benzene rings is 2. The number of nitrogens with zero attached hydrogens (tertiary/aromatic N) is 2. The molecule has 4 rings (SSSR count). The van der Waals surface area contributed by atoms with Gasteiger partial charge in [0.1, 0.15) is 0 Å². The van der Waals surface area contributed by atoms with Crippen LogP contribution >= 0.6 is 27.7 Å². The maximum atomic E-state index is 12.9. The van der Waals surface area contributed by atoms with E-state index >= 15 is 0 Å². The molecule has 0 aliphatic carbocycles. The Labute approximate surface area is 195 Å².